The first-order chi connectivity index (χ1) is 6.68. The number of hydrogen-bond donors (Lipinski definition) is 1. The van der Waals surface area contributed by atoms with E-state index in [0.717, 1.165) is 5.69 Å². The summed E-state index contributed by atoms with van der Waals surface area (Å²) in [5, 5.41) is 3.85. The SMILES string of the molecule is C[C@@H](N)c1nc(-c2cccn2C)no1. The zero-order chi connectivity index (χ0) is 10.1. The molecule has 74 valence electrons. The van der Waals surface area contributed by atoms with E-state index in [1.54, 1.807) is 0 Å². The first-order valence-corrected chi connectivity index (χ1v) is 4.39. The van der Waals surface area contributed by atoms with Crippen molar-refractivity contribution < 1.29 is 4.52 Å². The molecule has 5 nitrogen and oxygen atoms in total. The second-order valence-corrected chi connectivity index (χ2v) is 3.25. The van der Waals surface area contributed by atoms with Crippen molar-refractivity contribution in [2.24, 2.45) is 12.8 Å². The van der Waals surface area contributed by atoms with Crippen LogP contribution in [0, 0.1) is 0 Å². The summed E-state index contributed by atoms with van der Waals surface area (Å²) >= 11 is 0. The molecule has 0 saturated heterocycles. The van der Waals surface area contributed by atoms with Gasteiger partial charge in [-0.3, -0.25) is 0 Å². The molecule has 2 heterocycles. The molecule has 0 amide bonds. The fourth-order valence-electron chi connectivity index (χ4n) is 1.22. The second-order valence-electron chi connectivity index (χ2n) is 3.25. The maximum Gasteiger partial charge on any atom is 0.243 e. The fourth-order valence-corrected chi connectivity index (χ4v) is 1.22. The topological polar surface area (TPSA) is 69.9 Å². The van der Waals surface area contributed by atoms with Crippen molar-refractivity contribution in [2.75, 3.05) is 0 Å². The first-order valence-electron chi connectivity index (χ1n) is 4.39. The summed E-state index contributed by atoms with van der Waals surface area (Å²) in [4.78, 5) is 4.19. The Morgan fingerprint density at radius 1 is 1.57 bits per heavy atom. The number of rotatable bonds is 2. The van der Waals surface area contributed by atoms with Crippen molar-refractivity contribution in [1.82, 2.24) is 14.7 Å². The van der Waals surface area contributed by atoms with Crippen molar-refractivity contribution in [3.8, 4) is 11.5 Å². The summed E-state index contributed by atoms with van der Waals surface area (Å²) in [7, 11) is 1.93. The van der Waals surface area contributed by atoms with E-state index in [9.17, 15) is 0 Å². The van der Waals surface area contributed by atoms with E-state index < -0.39 is 0 Å². The molecule has 2 aromatic rings. The minimum absolute atomic E-state index is 0.225. The van der Waals surface area contributed by atoms with E-state index in [-0.39, 0.29) is 6.04 Å². The lowest BCUT2D eigenvalue weighted by Gasteiger charge is -1.95. The Morgan fingerprint density at radius 2 is 2.36 bits per heavy atom. The lowest BCUT2D eigenvalue weighted by atomic mass is 10.3. The number of hydrogen-bond acceptors (Lipinski definition) is 4. The lowest BCUT2D eigenvalue weighted by molar-refractivity contribution is 0.362. The fraction of sp³-hybridized carbons (Fsp3) is 0.333. The van der Waals surface area contributed by atoms with Crippen LogP contribution in [0.5, 0.6) is 0 Å². The summed E-state index contributed by atoms with van der Waals surface area (Å²) in [6, 6.07) is 3.63. The minimum Gasteiger partial charge on any atom is -0.348 e. The Morgan fingerprint density at radius 3 is 2.86 bits per heavy atom. The van der Waals surface area contributed by atoms with Crippen LogP contribution >= 0.6 is 0 Å². The van der Waals surface area contributed by atoms with Crippen LogP contribution in [0.25, 0.3) is 11.5 Å². The molecule has 0 aliphatic heterocycles. The summed E-state index contributed by atoms with van der Waals surface area (Å²) < 4.78 is 6.93. The van der Waals surface area contributed by atoms with E-state index >= 15 is 0 Å². The molecule has 2 rings (SSSR count). The molecule has 0 bridgehead atoms. The minimum atomic E-state index is -0.225. The molecular formula is C9H12N4O. The molecule has 0 aliphatic rings. The predicted molar refractivity (Wildman–Crippen MR) is 51.3 cm³/mol. The number of aromatic nitrogens is 3. The average Bonchev–Trinajstić information content (AvgIpc) is 2.71. The van der Waals surface area contributed by atoms with Crippen molar-refractivity contribution >= 4 is 0 Å². The van der Waals surface area contributed by atoms with Crippen molar-refractivity contribution in [1.29, 1.82) is 0 Å². The van der Waals surface area contributed by atoms with Gasteiger partial charge in [0.05, 0.1) is 11.7 Å². The Labute approximate surface area is 81.5 Å². The lowest BCUT2D eigenvalue weighted by Crippen LogP contribution is -2.05. The molecule has 2 aromatic heterocycles. The van der Waals surface area contributed by atoms with Crippen molar-refractivity contribution in [3.05, 3.63) is 24.2 Å². The summed E-state index contributed by atoms with van der Waals surface area (Å²) in [5.74, 6) is 1.03. The average molecular weight is 192 g/mol. The van der Waals surface area contributed by atoms with Crippen LogP contribution in [-0.4, -0.2) is 14.7 Å². The largest absolute Gasteiger partial charge is 0.348 e. The van der Waals surface area contributed by atoms with Crippen LogP contribution in [0.15, 0.2) is 22.9 Å². The normalized spacial score (nSPS) is 13.1. The maximum absolute atomic E-state index is 5.62. The third-order valence-corrected chi connectivity index (χ3v) is 2.00. The van der Waals surface area contributed by atoms with Crippen LogP contribution in [-0.2, 0) is 7.05 Å². The molecule has 14 heavy (non-hydrogen) atoms. The van der Waals surface area contributed by atoms with Gasteiger partial charge in [0, 0.05) is 13.2 Å². The Kier molecular flexibility index (Phi) is 2.09. The highest BCUT2D eigenvalue weighted by molar-refractivity contribution is 5.49. The van der Waals surface area contributed by atoms with Crippen LogP contribution in [0.1, 0.15) is 18.9 Å². The van der Waals surface area contributed by atoms with Crippen LogP contribution in [0.3, 0.4) is 0 Å². The summed E-state index contributed by atoms with van der Waals surface area (Å²) in [6.07, 6.45) is 1.93. The Balaban J connectivity index is 2.39. The molecule has 2 N–H and O–H groups in total. The highest BCUT2D eigenvalue weighted by Gasteiger charge is 2.12. The number of aryl methyl sites for hydroxylation is 1. The van der Waals surface area contributed by atoms with Gasteiger partial charge in [-0.05, 0) is 19.1 Å². The molecule has 0 unspecified atom stereocenters. The van der Waals surface area contributed by atoms with Gasteiger partial charge in [-0.15, -0.1) is 0 Å². The van der Waals surface area contributed by atoms with E-state index in [1.807, 2.05) is 36.9 Å². The van der Waals surface area contributed by atoms with Gasteiger partial charge in [0.1, 0.15) is 0 Å². The molecule has 0 radical (unpaired) electrons. The van der Waals surface area contributed by atoms with Gasteiger partial charge < -0.3 is 14.8 Å². The van der Waals surface area contributed by atoms with Crippen LogP contribution < -0.4 is 5.73 Å². The second kappa shape index (κ2) is 3.26. The van der Waals surface area contributed by atoms with Gasteiger partial charge in [-0.2, -0.15) is 4.98 Å². The maximum atomic E-state index is 5.62. The molecular weight excluding hydrogens is 180 g/mol. The van der Waals surface area contributed by atoms with E-state index in [1.165, 1.54) is 0 Å². The third-order valence-electron chi connectivity index (χ3n) is 2.00. The van der Waals surface area contributed by atoms with E-state index in [2.05, 4.69) is 10.1 Å². The first kappa shape index (κ1) is 8.96. The van der Waals surface area contributed by atoms with Gasteiger partial charge in [-0.25, -0.2) is 0 Å². The molecule has 0 fully saturated rings. The highest BCUT2D eigenvalue weighted by atomic mass is 16.5. The molecule has 5 heteroatoms. The van der Waals surface area contributed by atoms with Gasteiger partial charge in [0.15, 0.2) is 0 Å². The van der Waals surface area contributed by atoms with Crippen LogP contribution in [0.2, 0.25) is 0 Å². The highest BCUT2D eigenvalue weighted by Crippen LogP contribution is 2.17. The molecule has 1 atom stereocenters. The van der Waals surface area contributed by atoms with Crippen molar-refractivity contribution in [2.45, 2.75) is 13.0 Å². The number of nitrogens with two attached hydrogens (primary N) is 1. The molecule has 0 aromatic carbocycles. The predicted octanol–water partition coefficient (Wildman–Crippen LogP) is 1.09. The van der Waals surface area contributed by atoms with Gasteiger partial charge in [0.25, 0.3) is 0 Å². The smallest absolute Gasteiger partial charge is 0.243 e. The van der Waals surface area contributed by atoms with E-state index in [0.29, 0.717) is 11.7 Å². The summed E-state index contributed by atoms with van der Waals surface area (Å²) in [6.45, 7) is 1.81. The monoisotopic (exact) mass is 192 g/mol. The summed E-state index contributed by atoms with van der Waals surface area (Å²) in [5.41, 5.74) is 6.53. The van der Waals surface area contributed by atoms with Gasteiger partial charge in [-0.1, -0.05) is 5.16 Å². The van der Waals surface area contributed by atoms with Gasteiger partial charge >= 0.3 is 0 Å². The number of nitrogens with zero attached hydrogens (tertiary/aromatic N) is 3. The van der Waals surface area contributed by atoms with E-state index in [4.69, 9.17) is 10.3 Å². The third kappa shape index (κ3) is 1.42. The molecule has 0 saturated carbocycles. The van der Waals surface area contributed by atoms with Crippen LogP contribution in [0.4, 0.5) is 0 Å². The molecule has 0 aliphatic carbocycles. The van der Waals surface area contributed by atoms with Gasteiger partial charge in [0.2, 0.25) is 11.7 Å². The Bertz CT molecular complexity index is 429. The standard InChI is InChI=1S/C9H12N4O/c1-6(10)9-11-8(12-14-9)7-4-3-5-13(7)2/h3-6H,10H2,1-2H3/t6-/m1/s1. The zero-order valence-electron chi connectivity index (χ0n) is 8.14. The Hall–Kier alpha value is -1.62. The molecule has 0 spiro atoms. The van der Waals surface area contributed by atoms with Crippen molar-refractivity contribution in [3.63, 3.8) is 0 Å². The quantitative estimate of drug-likeness (QED) is 0.773. The zero-order valence-corrected chi connectivity index (χ0v) is 8.14.